The van der Waals surface area contributed by atoms with E-state index < -0.39 is 58.2 Å². The molecule has 8 nitrogen and oxygen atoms in total. The zero-order chi connectivity index (χ0) is 23.5. The second-order valence-electron chi connectivity index (χ2n) is 8.12. The summed E-state index contributed by atoms with van der Waals surface area (Å²) >= 11 is 2.01. The van der Waals surface area contributed by atoms with Gasteiger partial charge < -0.3 is 14.2 Å². The Balaban J connectivity index is 1.35. The van der Waals surface area contributed by atoms with Crippen LogP contribution in [0.5, 0.6) is 5.75 Å². The molecule has 2 saturated carbocycles. The maximum Gasteiger partial charge on any atom is 0.400 e. The number of rotatable bonds is 6. The molecule has 0 aromatic heterocycles. The molecule has 0 saturated heterocycles. The molecule has 1 aromatic carbocycles. The Morgan fingerprint density at radius 3 is 2.69 bits per heavy atom. The highest BCUT2D eigenvalue weighted by molar-refractivity contribution is 14.1. The van der Waals surface area contributed by atoms with E-state index in [2.05, 4.69) is 0 Å². The number of alkyl halides is 3. The molecule has 1 aromatic rings. The second-order valence-corrected chi connectivity index (χ2v) is 10.8. The first-order valence-electron chi connectivity index (χ1n) is 9.72. The highest BCUT2D eigenvalue weighted by Gasteiger charge is 2.63. The number of esters is 2. The van der Waals surface area contributed by atoms with Crippen LogP contribution in [0.4, 0.5) is 13.2 Å². The van der Waals surface area contributed by atoms with Crippen LogP contribution in [0.1, 0.15) is 36.0 Å². The van der Waals surface area contributed by atoms with Crippen LogP contribution in [0, 0.1) is 21.3 Å². The number of halogens is 4. The van der Waals surface area contributed by atoms with Gasteiger partial charge in [-0.25, -0.2) is 9.18 Å². The first kappa shape index (κ1) is 23.5. The number of carbonyl (C=O) groups is 2. The van der Waals surface area contributed by atoms with Gasteiger partial charge in [0.25, 0.3) is 5.79 Å². The van der Waals surface area contributed by atoms with Crippen LogP contribution in [0.2, 0.25) is 0 Å². The van der Waals surface area contributed by atoms with E-state index in [-0.39, 0.29) is 24.7 Å². The molecule has 13 heteroatoms. The largest absolute Gasteiger partial charge is 0.465 e. The molecule has 1 aliphatic heterocycles. The maximum absolute atomic E-state index is 13.5. The highest BCUT2D eigenvalue weighted by Crippen LogP contribution is 2.58. The van der Waals surface area contributed by atoms with Crippen molar-refractivity contribution in [2.75, 3.05) is 6.61 Å². The van der Waals surface area contributed by atoms with E-state index in [1.165, 1.54) is 0 Å². The Hall–Kier alpha value is -1.61. The lowest BCUT2D eigenvalue weighted by Crippen LogP contribution is -2.50. The Labute approximate surface area is 194 Å². The van der Waals surface area contributed by atoms with E-state index in [1.807, 2.05) is 22.6 Å². The lowest BCUT2D eigenvalue weighted by atomic mass is 9.84. The summed E-state index contributed by atoms with van der Waals surface area (Å²) in [5.74, 6) is -3.14. The quantitative estimate of drug-likeness (QED) is 0.305. The van der Waals surface area contributed by atoms with Gasteiger partial charge in [-0.2, -0.15) is 17.2 Å². The third-order valence-corrected chi connectivity index (χ3v) is 8.06. The Morgan fingerprint density at radius 1 is 1.34 bits per heavy atom. The number of fused-ring (bicyclic) bond motifs is 4. The summed E-state index contributed by atoms with van der Waals surface area (Å²) in [5, 5.41) is -4.99. The smallest absolute Gasteiger partial charge is 0.400 e. The minimum Gasteiger partial charge on any atom is -0.465 e. The summed E-state index contributed by atoms with van der Waals surface area (Å²) in [6.45, 7) is -0.776. The summed E-state index contributed by atoms with van der Waals surface area (Å²) < 4.78 is 86.8. The van der Waals surface area contributed by atoms with Gasteiger partial charge >= 0.3 is 27.3 Å². The first-order valence-corrected chi connectivity index (χ1v) is 12.2. The fourth-order valence-corrected chi connectivity index (χ4v) is 5.82. The lowest BCUT2D eigenvalue weighted by Gasteiger charge is -2.41. The molecular weight excluding hydrogens is 572 g/mol. The molecule has 1 spiro atoms. The molecule has 2 bridgehead atoms. The SMILES string of the molecule is O=C1OC2(CC3CC2CC3C(=O)OCCC(F)C(F)(F)S(=O)(=O)O)Oc2cccc(I)c21. The van der Waals surface area contributed by atoms with Crippen molar-refractivity contribution in [2.45, 2.75) is 42.9 Å². The van der Waals surface area contributed by atoms with E-state index in [4.69, 9.17) is 18.8 Å². The predicted molar refractivity (Wildman–Crippen MR) is 109 cm³/mol. The lowest BCUT2D eigenvalue weighted by molar-refractivity contribution is -0.193. The van der Waals surface area contributed by atoms with Crippen LogP contribution in [-0.2, 0) is 24.4 Å². The maximum atomic E-state index is 13.5. The summed E-state index contributed by atoms with van der Waals surface area (Å²) in [4.78, 5) is 25.0. The highest BCUT2D eigenvalue weighted by atomic mass is 127. The van der Waals surface area contributed by atoms with Crippen LogP contribution in [0.25, 0.3) is 0 Å². The van der Waals surface area contributed by atoms with Crippen molar-refractivity contribution < 1.29 is 49.9 Å². The van der Waals surface area contributed by atoms with E-state index in [0.717, 1.165) is 0 Å². The third-order valence-electron chi connectivity index (χ3n) is 6.22. The molecule has 32 heavy (non-hydrogen) atoms. The van der Waals surface area contributed by atoms with Gasteiger partial charge in [0.05, 0.1) is 12.5 Å². The number of benzene rings is 1. The molecule has 1 N–H and O–H groups in total. The van der Waals surface area contributed by atoms with Gasteiger partial charge in [0.15, 0.2) is 6.17 Å². The van der Waals surface area contributed by atoms with E-state index >= 15 is 0 Å². The van der Waals surface area contributed by atoms with Crippen LogP contribution in [0.3, 0.4) is 0 Å². The molecule has 1 heterocycles. The monoisotopic (exact) mass is 590 g/mol. The molecule has 2 fully saturated rings. The van der Waals surface area contributed by atoms with Gasteiger partial charge in [0, 0.05) is 22.3 Å². The molecule has 2 aliphatic carbocycles. The molecule has 5 atom stereocenters. The summed E-state index contributed by atoms with van der Waals surface area (Å²) in [6, 6.07) is 5.18. The molecule has 176 valence electrons. The van der Waals surface area contributed by atoms with Crippen LogP contribution < -0.4 is 4.74 Å². The Kier molecular flexibility index (Phi) is 5.89. The normalized spacial score (nSPS) is 29.9. The summed E-state index contributed by atoms with van der Waals surface area (Å²) in [5.41, 5.74) is 0.347. The van der Waals surface area contributed by atoms with E-state index in [1.54, 1.807) is 18.2 Å². The van der Waals surface area contributed by atoms with Gasteiger partial charge in [-0.05, 0) is 53.5 Å². The molecule has 5 unspecified atom stereocenters. The first-order chi connectivity index (χ1) is 14.9. The van der Waals surface area contributed by atoms with Crippen molar-refractivity contribution in [3.8, 4) is 5.75 Å². The van der Waals surface area contributed by atoms with Crippen molar-refractivity contribution >= 4 is 44.6 Å². The number of hydrogen-bond donors (Lipinski definition) is 1. The fourth-order valence-electron chi connectivity index (χ4n) is 4.68. The van der Waals surface area contributed by atoms with E-state index in [9.17, 15) is 31.2 Å². The standard InChI is InChI=1S/C19H18F3IO8S/c20-14(19(21,22)32(26,27)28)4-5-29-16(24)11-7-10-6-9(11)8-18(10)30-13-3-1-2-12(23)15(13)17(25)31-18/h1-3,9-11,14H,4-8H2,(H,26,27,28). The van der Waals surface area contributed by atoms with Gasteiger partial charge in [-0.1, -0.05) is 6.07 Å². The molecule has 3 aliphatic rings. The minimum atomic E-state index is -5.92. The zero-order valence-corrected chi connectivity index (χ0v) is 19.3. The summed E-state index contributed by atoms with van der Waals surface area (Å²) in [6.07, 6.45) is -3.28. The fraction of sp³-hybridized carbons (Fsp3) is 0.579. The molecule has 0 amide bonds. The average molecular weight is 590 g/mol. The Bertz CT molecular complexity index is 1060. The van der Waals surface area contributed by atoms with Crippen molar-refractivity contribution in [1.29, 1.82) is 0 Å². The van der Waals surface area contributed by atoms with E-state index in [0.29, 0.717) is 21.3 Å². The van der Waals surface area contributed by atoms with Gasteiger partial charge in [0.1, 0.15) is 11.3 Å². The van der Waals surface area contributed by atoms with Crippen molar-refractivity contribution in [2.24, 2.45) is 17.8 Å². The number of ether oxygens (including phenoxy) is 3. The third kappa shape index (κ3) is 3.85. The van der Waals surface area contributed by atoms with Crippen LogP contribution in [0.15, 0.2) is 18.2 Å². The van der Waals surface area contributed by atoms with Gasteiger partial charge in [-0.15, -0.1) is 0 Å². The van der Waals surface area contributed by atoms with Gasteiger partial charge in [0.2, 0.25) is 0 Å². The Morgan fingerprint density at radius 2 is 2.06 bits per heavy atom. The minimum absolute atomic E-state index is 0.245. The molecule has 0 radical (unpaired) electrons. The number of carbonyl (C=O) groups excluding carboxylic acids is 2. The van der Waals surface area contributed by atoms with Gasteiger partial charge in [-0.3, -0.25) is 9.35 Å². The number of hydrogen-bond acceptors (Lipinski definition) is 7. The van der Waals surface area contributed by atoms with Crippen molar-refractivity contribution in [1.82, 2.24) is 0 Å². The molecular formula is C19H18F3IO8S. The molecule has 4 rings (SSSR count). The van der Waals surface area contributed by atoms with Crippen molar-refractivity contribution in [3.63, 3.8) is 0 Å². The zero-order valence-electron chi connectivity index (χ0n) is 16.3. The van der Waals surface area contributed by atoms with Crippen LogP contribution in [-0.4, -0.2) is 48.7 Å². The predicted octanol–water partition coefficient (Wildman–Crippen LogP) is 3.33. The second kappa shape index (κ2) is 8.01. The average Bonchev–Trinajstić information content (AvgIpc) is 3.24. The summed E-state index contributed by atoms with van der Waals surface area (Å²) in [7, 11) is -5.92. The van der Waals surface area contributed by atoms with Crippen LogP contribution >= 0.6 is 22.6 Å². The van der Waals surface area contributed by atoms with Crippen molar-refractivity contribution in [3.05, 3.63) is 27.3 Å². The topological polar surface area (TPSA) is 116 Å².